The summed E-state index contributed by atoms with van der Waals surface area (Å²) in [7, 11) is -8.20. The number of esters is 1. The molecule has 0 bridgehead atoms. The van der Waals surface area contributed by atoms with Crippen molar-refractivity contribution in [1.82, 2.24) is 4.73 Å². The van der Waals surface area contributed by atoms with Crippen LogP contribution in [-0.2, 0) is 41.6 Å². The normalized spacial score (nSPS) is 12.1. The van der Waals surface area contributed by atoms with E-state index in [1.807, 2.05) is 0 Å². The van der Waals surface area contributed by atoms with Gasteiger partial charge in [-0.25, -0.2) is 4.79 Å². The molecule has 13 nitrogen and oxygen atoms in total. The van der Waals surface area contributed by atoms with Crippen LogP contribution in [0.5, 0.6) is 11.8 Å². The molecule has 15 heteroatoms. The van der Waals surface area contributed by atoms with Crippen molar-refractivity contribution < 1.29 is 56.6 Å². The van der Waals surface area contributed by atoms with E-state index < -0.39 is 50.7 Å². The molecule has 1 rings (SSSR count). The Morgan fingerprint density at radius 1 is 0.853 bits per heavy atom. The summed E-state index contributed by atoms with van der Waals surface area (Å²) in [6.07, 6.45) is -0.800. The Kier molecular flexibility index (Phi) is 12.9. The summed E-state index contributed by atoms with van der Waals surface area (Å²) < 4.78 is 53.5. The predicted octanol–water partition coefficient (Wildman–Crippen LogP) is 3.43. The molecule has 0 saturated heterocycles. The molecule has 1 aromatic rings. The van der Waals surface area contributed by atoms with Crippen molar-refractivity contribution in [2.75, 3.05) is 33.0 Å². The standard InChI is InChI=1S/C19H33NO12P2/c1-5-28-33(25,29-6-2)19(34(26,30-7-3)31-8-4)14-18(24)27-13-9-10-17(23)32-20-15(21)11-12-16(20)22/h11-12,19,21-22H,5-10,13-14H2,1-4H3. The molecule has 0 unspecified atom stereocenters. The van der Waals surface area contributed by atoms with Gasteiger partial charge in [0.1, 0.15) is 0 Å². The highest BCUT2D eigenvalue weighted by Crippen LogP contribution is 2.71. The zero-order valence-corrected chi connectivity index (χ0v) is 21.5. The summed E-state index contributed by atoms with van der Waals surface area (Å²) in [4.78, 5) is 29.1. The molecule has 1 aromatic heterocycles. The first-order chi connectivity index (χ1) is 16.1. The fraction of sp³-hybridized carbons (Fsp3) is 0.684. The lowest BCUT2D eigenvalue weighted by Gasteiger charge is -2.30. The van der Waals surface area contributed by atoms with Gasteiger partial charge in [-0.15, -0.1) is 4.73 Å². The lowest BCUT2D eigenvalue weighted by molar-refractivity contribution is -0.148. The van der Waals surface area contributed by atoms with Gasteiger partial charge in [-0.2, -0.15) is 0 Å². The van der Waals surface area contributed by atoms with E-state index >= 15 is 0 Å². The number of carbonyl (C=O) groups is 2. The third kappa shape index (κ3) is 8.72. The number of rotatable bonds is 17. The maximum absolute atomic E-state index is 13.4. The number of hydrogen-bond acceptors (Lipinski definition) is 12. The molecule has 0 amide bonds. The van der Waals surface area contributed by atoms with Crippen molar-refractivity contribution in [2.45, 2.75) is 52.4 Å². The van der Waals surface area contributed by atoms with Crippen molar-refractivity contribution >= 4 is 27.1 Å². The van der Waals surface area contributed by atoms with Crippen LogP contribution < -0.4 is 4.84 Å². The summed E-state index contributed by atoms with van der Waals surface area (Å²) in [6, 6.07) is 2.26. The predicted molar refractivity (Wildman–Crippen MR) is 120 cm³/mol. The van der Waals surface area contributed by atoms with E-state index in [9.17, 15) is 28.9 Å². The smallest absolute Gasteiger partial charge is 0.346 e. The fourth-order valence-electron chi connectivity index (χ4n) is 2.79. The second-order valence-corrected chi connectivity index (χ2v) is 11.4. The Labute approximate surface area is 198 Å². The molecule has 0 spiro atoms. The maximum Gasteiger partial charge on any atom is 0.346 e. The first kappa shape index (κ1) is 30.2. The highest BCUT2D eigenvalue weighted by Gasteiger charge is 2.52. The van der Waals surface area contributed by atoms with Crippen LogP contribution in [-0.4, -0.2) is 65.3 Å². The number of carbonyl (C=O) groups excluding carboxylic acids is 2. The van der Waals surface area contributed by atoms with E-state index in [-0.39, 0.29) is 45.9 Å². The van der Waals surface area contributed by atoms with Gasteiger partial charge >= 0.3 is 27.1 Å². The largest absolute Gasteiger partial charge is 0.492 e. The maximum atomic E-state index is 13.4. The van der Waals surface area contributed by atoms with Crippen LogP contribution in [0.3, 0.4) is 0 Å². The Hall–Kier alpha value is -1.88. The molecule has 34 heavy (non-hydrogen) atoms. The van der Waals surface area contributed by atoms with Crippen LogP contribution in [0, 0.1) is 0 Å². The van der Waals surface area contributed by atoms with Gasteiger partial charge in [-0.1, -0.05) is 0 Å². The monoisotopic (exact) mass is 529 g/mol. The summed E-state index contributed by atoms with van der Waals surface area (Å²) >= 11 is 0. The summed E-state index contributed by atoms with van der Waals surface area (Å²) in [5, 5.41) is 17.4. The van der Waals surface area contributed by atoms with E-state index in [4.69, 9.17) is 27.7 Å². The van der Waals surface area contributed by atoms with Crippen molar-refractivity contribution in [3.05, 3.63) is 12.1 Å². The van der Waals surface area contributed by atoms with Gasteiger partial charge in [0.05, 0.1) is 45.9 Å². The number of hydrogen-bond donors (Lipinski definition) is 2. The number of ether oxygens (including phenoxy) is 1. The molecule has 0 atom stereocenters. The molecule has 0 aliphatic heterocycles. The number of aromatic nitrogens is 1. The Morgan fingerprint density at radius 3 is 1.71 bits per heavy atom. The van der Waals surface area contributed by atoms with Gasteiger partial charge < -0.3 is 37.9 Å². The van der Waals surface area contributed by atoms with Gasteiger partial charge in [0.2, 0.25) is 11.8 Å². The van der Waals surface area contributed by atoms with E-state index in [1.54, 1.807) is 27.7 Å². The van der Waals surface area contributed by atoms with Gasteiger partial charge in [0, 0.05) is 12.1 Å². The summed E-state index contributed by atoms with van der Waals surface area (Å²) in [5.41, 5.74) is 0. The molecule has 196 valence electrons. The number of nitrogens with zero attached hydrogens (tertiary/aromatic N) is 1. The molecule has 2 N–H and O–H groups in total. The lowest BCUT2D eigenvalue weighted by atomic mass is 10.3. The SMILES string of the molecule is CCOP(=O)(OCC)C(CC(=O)OCCCC(=O)On1c(O)ccc1O)P(=O)(OCC)OCC. The first-order valence-corrected chi connectivity index (χ1v) is 14.0. The zero-order valence-electron chi connectivity index (χ0n) is 19.7. The van der Waals surface area contributed by atoms with Crippen molar-refractivity contribution in [3.63, 3.8) is 0 Å². The Bertz CT molecular complexity index is 817. The molecule has 1 heterocycles. The minimum atomic E-state index is -4.10. The second kappa shape index (κ2) is 14.5. The van der Waals surface area contributed by atoms with Crippen LogP contribution in [0.2, 0.25) is 0 Å². The average molecular weight is 529 g/mol. The highest BCUT2D eigenvalue weighted by atomic mass is 31.2. The van der Waals surface area contributed by atoms with Crippen LogP contribution in [0.4, 0.5) is 0 Å². The third-order valence-electron chi connectivity index (χ3n) is 4.09. The van der Waals surface area contributed by atoms with Crippen molar-refractivity contribution in [3.8, 4) is 11.8 Å². The summed E-state index contributed by atoms with van der Waals surface area (Å²) in [5.74, 6) is -2.61. The quantitative estimate of drug-likeness (QED) is 0.172. The van der Waals surface area contributed by atoms with Gasteiger partial charge in [-0.3, -0.25) is 13.9 Å². The zero-order chi connectivity index (χ0) is 25.8. The molecule has 0 fully saturated rings. The molecular formula is C19H33NO12P2. The van der Waals surface area contributed by atoms with Gasteiger partial charge in [-0.05, 0) is 34.1 Å². The molecule has 0 saturated carbocycles. The molecule has 0 aliphatic rings. The minimum Gasteiger partial charge on any atom is -0.492 e. The highest BCUT2D eigenvalue weighted by molar-refractivity contribution is 7.72. The van der Waals surface area contributed by atoms with Gasteiger partial charge in [0.15, 0.2) is 5.40 Å². The van der Waals surface area contributed by atoms with Crippen LogP contribution in [0.15, 0.2) is 12.1 Å². The second-order valence-electron chi connectivity index (χ2n) is 6.57. The third-order valence-corrected chi connectivity index (χ3v) is 10.1. The average Bonchev–Trinajstić information content (AvgIpc) is 3.07. The molecule has 0 radical (unpaired) electrons. The van der Waals surface area contributed by atoms with E-state index in [0.29, 0.717) is 4.73 Å². The van der Waals surface area contributed by atoms with E-state index in [1.165, 1.54) is 0 Å². The van der Waals surface area contributed by atoms with Crippen molar-refractivity contribution in [2.24, 2.45) is 0 Å². The fourth-order valence-corrected chi connectivity index (χ4v) is 8.00. The first-order valence-electron chi connectivity index (χ1n) is 10.8. The minimum absolute atomic E-state index is 0.0321. The lowest BCUT2D eigenvalue weighted by Crippen LogP contribution is -2.23. The topological polar surface area (TPSA) is 169 Å². The number of aromatic hydroxyl groups is 2. The Balaban J connectivity index is 2.79. The van der Waals surface area contributed by atoms with Gasteiger partial charge in [0.25, 0.3) is 0 Å². The van der Waals surface area contributed by atoms with E-state index in [0.717, 1.165) is 12.1 Å². The van der Waals surface area contributed by atoms with Crippen molar-refractivity contribution in [1.29, 1.82) is 0 Å². The molecule has 0 aromatic carbocycles. The van der Waals surface area contributed by atoms with Crippen LogP contribution in [0.25, 0.3) is 0 Å². The van der Waals surface area contributed by atoms with E-state index in [2.05, 4.69) is 0 Å². The molecular weight excluding hydrogens is 496 g/mol. The Morgan fingerprint density at radius 2 is 1.29 bits per heavy atom. The van der Waals surface area contributed by atoms with Crippen LogP contribution >= 0.6 is 15.2 Å². The molecule has 0 aliphatic carbocycles. The summed E-state index contributed by atoms with van der Waals surface area (Å²) in [6.45, 7) is 5.93. The van der Waals surface area contributed by atoms with Crippen LogP contribution in [0.1, 0.15) is 47.0 Å².